The van der Waals surface area contributed by atoms with E-state index in [9.17, 15) is 9.18 Å². The van der Waals surface area contributed by atoms with Gasteiger partial charge in [0, 0.05) is 6.07 Å². The van der Waals surface area contributed by atoms with Crippen molar-refractivity contribution >= 4 is 6.01 Å². The lowest BCUT2D eigenvalue weighted by Crippen LogP contribution is -2.04. The number of anilines is 1. The average Bonchev–Trinajstić information content (AvgIpc) is 2.19. The molecule has 0 aliphatic carbocycles. The maximum atomic E-state index is 11.9. The molecule has 78 valence electrons. The van der Waals surface area contributed by atoms with Crippen LogP contribution in [0.3, 0.4) is 0 Å². The highest BCUT2D eigenvalue weighted by Crippen LogP contribution is 1.91. The van der Waals surface area contributed by atoms with Crippen molar-refractivity contribution < 1.29 is 8.81 Å². The van der Waals surface area contributed by atoms with Crippen molar-refractivity contribution in [1.29, 1.82) is 0 Å². The highest BCUT2D eigenvalue weighted by molar-refractivity contribution is 5.05. The van der Waals surface area contributed by atoms with Gasteiger partial charge in [-0.15, -0.1) is 0 Å². The molecule has 2 N–H and O–H groups in total. The molecule has 0 saturated carbocycles. The van der Waals surface area contributed by atoms with Crippen LogP contribution in [0.4, 0.5) is 10.4 Å². The van der Waals surface area contributed by atoms with Gasteiger partial charge in [-0.3, -0.25) is 4.79 Å². The van der Waals surface area contributed by atoms with Crippen molar-refractivity contribution in [2.45, 2.75) is 0 Å². The third-order valence-corrected chi connectivity index (χ3v) is 1.35. The molecule has 0 unspecified atom stereocenters. The highest BCUT2D eigenvalue weighted by atomic mass is 19.1. The summed E-state index contributed by atoms with van der Waals surface area (Å²) in [6.45, 7) is 0. The Balaban J connectivity index is 0.000000151. The summed E-state index contributed by atoms with van der Waals surface area (Å²) in [6.07, 6.45) is 1.20. The normalized spacial score (nSPS) is 8.87. The number of aromatic nitrogens is 1. The molecule has 0 bridgehead atoms. The lowest BCUT2D eigenvalue weighted by Gasteiger charge is -1.82. The van der Waals surface area contributed by atoms with Crippen LogP contribution in [0.1, 0.15) is 0 Å². The van der Waals surface area contributed by atoms with Gasteiger partial charge in [-0.25, -0.2) is 4.39 Å². The molecule has 2 aromatic rings. The van der Waals surface area contributed by atoms with Gasteiger partial charge in [0.2, 0.25) is 0 Å². The number of rotatable bonds is 0. The van der Waals surface area contributed by atoms with Gasteiger partial charge in [-0.1, -0.05) is 18.2 Å². The maximum absolute atomic E-state index is 11.9. The summed E-state index contributed by atoms with van der Waals surface area (Å²) in [5.74, 6) is -0.178. The van der Waals surface area contributed by atoms with E-state index >= 15 is 0 Å². The predicted molar refractivity (Wildman–Crippen MR) is 53.6 cm³/mol. The van der Waals surface area contributed by atoms with Gasteiger partial charge in [0.25, 0.3) is 11.6 Å². The molecule has 0 aliphatic rings. The van der Waals surface area contributed by atoms with Gasteiger partial charge in [0.1, 0.15) is 12.1 Å². The number of benzene rings is 1. The molecule has 2 rings (SSSR count). The number of nitrogens with two attached hydrogens (primary N) is 1. The first kappa shape index (κ1) is 10.9. The van der Waals surface area contributed by atoms with E-state index in [0.29, 0.717) is 0 Å². The molecule has 1 heterocycles. The fraction of sp³-hybridized carbons (Fsp3) is 0. The first-order chi connectivity index (χ1) is 7.18. The molecule has 1 aromatic carbocycles. The lowest BCUT2D eigenvalue weighted by molar-refractivity contribution is 0.548. The second-order valence-corrected chi connectivity index (χ2v) is 2.50. The fourth-order valence-corrected chi connectivity index (χ4v) is 0.749. The van der Waals surface area contributed by atoms with Crippen molar-refractivity contribution in [1.82, 2.24) is 4.98 Å². The average molecular weight is 208 g/mol. The number of halogens is 1. The second kappa shape index (κ2) is 5.54. The van der Waals surface area contributed by atoms with Crippen LogP contribution in [-0.4, -0.2) is 4.98 Å². The Hall–Kier alpha value is -2.17. The van der Waals surface area contributed by atoms with Gasteiger partial charge in [0.05, 0.1) is 0 Å². The SMILES string of the molecule is Fc1ccccc1.Nc1nc(=O)cco1. The van der Waals surface area contributed by atoms with Gasteiger partial charge in [-0.05, 0) is 12.1 Å². The molecule has 15 heavy (non-hydrogen) atoms. The zero-order valence-electron chi connectivity index (χ0n) is 7.76. The Labute approximate surface area is 85.2 Å². The number of nitrogens with zero attached hydrogens (tertiary/aromatic N) is 1. The summed E-state index contributed by atoms with van der Waals surface area (Å²) in [5, 5.41) is 0. The van der Waals surface area contributed by atoms with E-state index in [1.54, 1.807) is 18.2 Å². The smallest absolute Gasteiger partial charge is 0.295 e. The molecule has 0 amide bonds. The van der Waals surface area contributed by atoms with Crippen molar-refractivity contribution in [2.24, 2.45) is 0 Å². The number of nitrogen functional groups attached to an aromatic ring is 1. The van der Waals surface area contributed by atoms with Gasteiger partial charge in [-0.2, -0.15) is 4.98 Å². The maximum Gasteiger partial charge on any atom is 0.295 e. The van der Waals surface area contributed by atoms with Crippen LogP contribution in [0, 0.1) is 5.82 Å². The molecular weight excluding hydrogens is 199 g/mol. The Kier molecular flexibility index (Phi) is 4.03. The van der Waals surface area contributed by atoms with E-state index in [-0.39, 0.29) is 17.4 Å². The summed E-state index contributed by atoms with van der Waals surface area (Å²) < 4.78 is 16.4. The number of hydrogen-bond acceptors (Lipinski definition) is 4. The van der Waals surface area contributed by atoms with Crippen molar-refractivity contribution in [3.8, 4) is 0 Å². The summed E-state index contributed by atoms with van der Waals surface area (Å²) in [4.78, 5) is 13.5. The van der Waals surface area contributed by atoms with Crippen molar-refractivity contribution in [2.75, 3.05) is 5.73 Å². The summed E-state index contributed by atoms with van der Waals surface area (Å²) >= 11 is 0. The standard InChI is InChI=1S/C6H5F.C4H4N2O2/c7-6-4-2-1-3-5-6;5-4-6-3(7)1-2-8-4/h1-5H;1-2H,(H2,5,6,7). The summed E-state index contributed by atoms with van der Waals surface area (Å²) in [5.41, 5.74) is 4.60. The van der Waals surface area contributed by atoms with Crippen LogP contribution >= 0.6 is 0 Å². The predicted octanol–water partition coefficient (Wildman–Crippen LogP) is 1.44. The first-order valence-electron chi connectivity index (χ1n) is 4.10. The van der Waals surface area contributed by atoms with Gasteiger partial charge in [0.15, 0.2) is 0 Å². The Morgan fingerprint density at radius 3 is 2.20 bits per heavy atom. The lowest BCUT2D eigenvalue weighted by atomic mass is 10.4. The Morgan fingerprint density at radius 2 is 1.87 bits per heavy atom. The van der Waals surface area contributed by atoms with E-state index in [1.165, 1.54) is 24.5 Å². The topological polar surface area (TPSA) is 69.1 Å². The van der Waals surface area contributed by atoms with Gasteiger partial charge < -0.3 is 10.2 Å². The van der Waals surface area contributed by atoms with Crippen LogP contribution in [0.2, 0.25) is 0 Å². The zero-order chi connectivity index (χ0) is 11.1. The summed E-state index contributed by atoms with van der Waals surface area (Å²) in [7, 11) is 0. The molecule has 0 fully saturated rings. The van der Waals surface area contributed by atoms with E-state index in [1.807, 2.05) is 0 Å². The Morgan fingerprint density at radius 1 is 1.20 bits per heavy atom. The quantitative estimate of drug-likeness (QED) is 0.711. The fourth-order valence-electron chi connectivity index (χ4n) is 0.749. The molecule has 5 heteroatoms. The third kappa shape index (κ3) is 4.56. The largest absolute Gasteiger partial charge is 0.434 e. The molecule has 0 atom stereocenters. The van der Waals surface area contributed by atoms with Crippen molar-refractivity contribution in [3.63, 3.8) is 0 Å². The first-order valence-corrected chi connectivity index (χ1v) is 4.10. The van der Waals surface area contributed by atoms with E-state index in [4.69, 9.17) is 5.73 Å². The molecule has 0 radical (unpaired) electrons. The van der Waals surface area contributed by atoms with Crippen LogP contribution in [0.25, 0.3) is 0 Å². The minimum absolute atomic E-state index is 0.0995. The third-order valence-electron chi connectivity index (χ3n) is 1.35. The molecule has 0 aliphatic heterocycles. The van der Waals surface area contributed by atoms with E-state index < -0.39 is 0 Å². The summed E-state index contributed by atoms with van der Waals surface area (Å²) in [6, 6.07) is 9.03. The monoisotopic (exact) mass is 208 g/mol. The second-order valence-electron chi connectivity index (χ2n) is 2.50. The zero-order valence-corrected chi connectivity index (χ0v) is 7.76. The highest BCUT2D eigenvalue weighted by Gasteiger charge is 1.84. The molecule has 1 aromatic heterocycles. The molecular formula is C10H9FN2O2. The Bertz CT molecular complexity index is 456. The minimum Gasteiger partial charge on any atom is -0.434 e. The van der Waals surface area contributed by atoms with E-state index in [2.05, 4.69) is 9.40 Å². The molecule has 0 spiro atoms. The van der Waals surface area contributed by atoms with Gasteiger partial charge >= 0.3 is 0 Å². The van der Waals surface area contributed by atoms with Crippen LogP contribution in [0.5, 0.6) is 0 Å². The molecule has 4 nitrogen and oxygen atoms in total. The van der Waals surface area contributed by atoms with Crippen LogP contribution in [0.15, 0.2) is 51.9 Å². The van der Waals surface area contributed by atoms with E-state index in [0.717, 1.165) is 0 Å². The molecule has 0 saturated heterocycles. The van der Waals surface area contributed by atoms with Crippen molar-refractivity contribution in [3.05, 3.63) is 58.8 Å². The number of hydrogen-bond donors (Lipinski definition) is 1. The minimum atomic E-state index is -0.381. The van der Waals surface area contributed by atoms with Crippen LogP contribution < -0.4 is 11.3 Å². The van der Waals surface area contributed by atoms with Crippen LogP contribution in [-0.2, 0) is 0 Å².